The van der Waals surface area contributed by atoms with Crippen LogP contribution in [-0.4, -0.2) is 40.8 Å². The van der Waals surface area contributed by atoms with Gasteiger partial charge in [-0.3, -0.25) is 4.79 Å². The van der Waals surface area contributed by atoms with Crippen LogP contribution in [0.3, 0.4) is 0 Å². The van der Waals surface area contributed by atoms with E-state index >= 15 is 0 Å². The quantitative estimate of drug-likeness (QED) is 0.833. The minimum atomic E-state index is -0.823. The van der Waals surface area contributed by atoms with Crippen LogP contribution >= 0.6 is 11.8 Å². The normalized spacial score (nSPS) is 15.6. The van der Waals surface area contributed by atoms with Crippen molar-refractivity contribution in [2.75, 3.05) is 24.2 Å². The maximum atomic E-state index is 13.9. The van der Waals surface area contributed by atoms with E-state index in [1.807, 2.05) is 6.92 Å². The molecule has 1 aromatic rings. The molecule has 1 aliphatic heterocycles. The van der Waals surface area contributed by atoms with Gasteiger partial charge in [0.2, 0.25) is 0 Å². The number of carboxylic acid groups (broad SMARTS) is 1. The predicted octanol–water partition coefficient (Wildman–Crippen LogP) is 3.27. The highest BCUT2D eigenvalue weighted by Gasteiger charge is 2.27. The number of anilines is 1. The Balaban J connectivity index is 2.02. The number of carbonyl (C=O) groups is 2. The first kappa shape index (κ1) is 16.6. The lowest BCUT2D eigenvalue weighted by atomic mass is 9.97. The summed E-state index contributed by atoms with van der Waals surface area (Å²) in [7, 11) is 0. The van der Waals surface area contributed by atoms with E-state index in [4.69, 9.17) is 5.11 Å². The van der Waals surface area contributed by atoms with E-state index in [0.29, 0.717) is 30.8 Å². The van der Waals surface area contributed by atoms with Crippen molar-refractivity contribution in [1.29, 1.82) is 0 Å². The number of nitrogens with one attached hydrogen (secondary N) is 1. The number of nitrogens with zero attached hydrogens (tertiary/aromatic N) is 1. The summed E-state index contributed by atoms with van der Waals surface area (Å²) in [5.74, 6) is -0.914. The Morgan fingerprint density at radius 3 is 2.68 bits per heavy atom. The molecule has 1 aromatic carbocycles. The van der Waals surface area contributed by atoms with Crippen molar-refractivity contribution in [2.45, 2.75) is 24.7 Å². The van der Waals surface area contributed by atoms with Crippen LogP contribution in [0.1, 0.15) is 19.8 Å². The van der Waals surface area contributed by atoms with Gasteiger partial charge < -0.3 is 15.3 Å². The van der Waals surface area contributed by atoms with E-state index < -0.39 is 17.7 Å². The number of urea groups is 1. The molecule has 0 aliphatic carbocycles. The number of carboxylic acids is 1. The monoisotopic (exact) mass is 326 g/mol. The molecule has 0 radical (unpaired) electrons. The fraction of sp³-hybridized carbons (Fsp3) is 0.467. The minimum absolute atomic E-state index is 0.194. The Bertz CT molecular complexity index is 560. The van der Waals surface area contributed by atoms with Gasteiger partial charge in [0.1, 0.15) is 5.82 Å². The van der Waals surface area contributed by atoms with Gasteiger partial charge in [0.05, 0.1) is 11.6 Å². The van der Waals surface area contributed by atoms with Crippen LogP contribution in [-0.2, 0) is 4.79 Å². The maximum absolute atomic E-state index is 13.9. The number of hydrogen-bond acceptors (Lipinski definition) is 3. The SMILES string of the molecule is CCSc1cccc(F)c1NC(=O)N1CCC(C(=O)O)CC1. The molecular formula is C15H19FN2O3S. The van der Waals surface area contributed by atoms with Crippen molar-refractivity contribution in [2.24, 2.45) is 5.92 Å². The molecule has 5 nitrogen and oxygen atoms in total. The first-order chi connectivity index (χ1) is 10.5. The number of amides is 2. The summed E-state index contributed by atoms with van der Waals surface area (Å²) in [5, 5.41) is 11.6. The van der Waals surface area contributed by atoms with Crippen molar-refractivity contribution in [3.63, 3.8) is 0 Å². The molecule has 0 spiro atoms. The number of likely N-dealkylation sites (tertiary alicyclic amines) is 1. The molecule has 2 amide bonds. The molecule has 120 valence electrons. The van der Waals surface area contributed by atoms with E-state index in [1.165, 1.54) is 22.7 Å². The summed E-state index contributed by atoms with van der Waals surface area (Å²) in [6.45, 7) is 2.69. The van der Waals surface area contributed by atoms with E-state index in [9.17, 15) is 14.0 Å². The highest BCUT2D eigenvalue weighted by Crippen LogP contribution is 2.30. The molecule has 7 heteroatoms. The van der Waals surface area contributed by atoms with E-state index in [-0.39, 0.29) is 11.7 Å². The third-order valence-electron chi connectivity index (χ3n) is 3.64. The molecule has 1 aliphatic rings. The van der Waals surface area contributed by atoms with Crippen LogP contribution in [0.5, 0.6) is 0 Å². The zero-order chi connectivity index (χ0) is 16.1. The first-order valence-corrected chi connectivity index (χ1v) is 8.21. The third-order valence-corrected chi connectivity index (χ3v) is 4.58. The second-order valence-electron chi connectivity index (χ2n) is 5.08. The van der Waals surface area contributed by atoms with Crippen LogP contribution in [0.2, 0.25) is 0 Å². The number of thioether (sulfide) groups is 1. The number of aliphatic carboxylic acids is 1. The minimum Gasteiger partial charge on any atom is -0.481 e. The van der Waals surface area contributed by atoms with Crippen molar-refractivity contribution < 1.29 is 19.1 Å². The van der Waals surface area contributed by atoms with Gasteiger partial charge >= 0.3 is 12.0 Å². The predicted molar refractivity (Wildman–Crippen MR) is 83.7 cm³/mol. The fourth-order valence-electron chi connectivity index (χ4n) is 2.42. The van der Waals surface area contributed by atoms with Crippen LogP contribution in [0.4, 0.5) is 14.9 Å². The number of hydrogen-bond donors (Lipinski definition) is 2. The molecule has 1 saturated heterocycles. The van der Waals surface area contributed by atoms with E-state index in [2.05, 4.69) is 5.32 Å². The molecule has 2 N–H and O–H groups in total. The third kappa shape index (κ3) is 3.91. The molecule has 1 heterocycles. The Hall–Kier alpha value is -1.76. The van der Waals surface area contributed by atoms with Gasteiger partial charge in [0.15, 0.2) is 0 Å². The summed E-state index contributed by atoms with van der Waals surface area (Å²) in [4.78, 5) is 25.4. The van der Waals surface area contributed by atoms with Crippen molar-refractivity contribution in [3.8, 4) is 0 Å². The Morgan fingerprint density at radius 1 is 1.41 bits per heavy atom. The second-order valence-corrected chi connectivity index (χ2v) is 6.38. The van der Waals surface area contributed by atoms with Crippen molar-refractivity contribution in [1.82, 2.24) is 4.90 Å². The lowest BCUT2D eigenvalue weighted by molar-refractivity contribution is -0.143. The van der Waals surface area contributed by atoms with Gasteiger partial charge in [-0.05, 0) is 30.7 Å². The average Bonchev–Trinajstić information content (AvgIpc) is 2.51. The van der Waals surface area contributed by atoms with Crippen LogP contribution in [0.25, 0.3) is 0 Å². The van der Waals surface area contributed by atoms with Crippen LogP contribution in [0, 0.1) is 11.7 Å². The lowest BCUT2D eigenvalue weighted by Crippen LogP contribution is -2.42. The highest BCUT2D eigenvalue weighted by atomic mass is 32.2. The topological polar surface area (TPSA) is 69.6 Å². The Labute approximate surface area is 132 Å². The molecule has 0 bridgehead atoms. The summed E-state index contributed by atoms with van der Waals surface area (Å²) >= 11 is 1.46. The largest absolute Gasteiger partial charge is 0.481 e. The van der Waals surface area contributed by atoms with Gasteiger partial charge in [0.25, 0.3) is 0 Å². The second kappa shape index (κ2) is 7.49. The zero-order valence-electron chi connectivity index (χ0n) is 12.3. The van der Waals surface area contributed by atoms with Gasteiger partial charge in [-0.2, -0.15) is 0 Å². The molecular weight excluding hydrogens is 307 g/mol. The number of rotatable bonds is 4. The van der Waals surface area contributed by atoms with Gasteiger partial charge in [-0.15, -0.1) is 11.8 Å². The van der Waals surface area contributed by atoms with Crippen LogP contribution < -0.4 is 5.32 Å². The fourth-order valence-corrected chi connectivity index (χ4v) is 3.20. The molecule has 2 rings (SSSR count). The average molecular weight is 326 g/mol. The van der Waals surface area contributed by atoms with Gasteiger partial charge in [0, 0.05) is 18.0 Å². The highest BCUT2D eigenvalue weighted by molar-refractivity contribution is 7.99. The molecule has 1 fully saturated rings. The van der Waals surface area contributed by atoms with Gasteiger partial charge in [-0.25, -0.2) is 9.18 Å². The number of carbonyl (C=O) groups excluding carboxylic acids is 1. The number of halogens is 1. The maximum Gasteiger partial charge on any atom is 0.321 e. The van der Waals surface area contributed by atoms with E-state index in [0.717, 1.165) is 5.75 Å². The molecule has 22 heavy (non-hydrogen) atoms. The van der Waals surface area contributed by atoms with Gasteiger partial charge in [-0.1, -0.05) is 13.0 Å². The summed E-state index contributed by atoms with van der Waals surface area (Å²) < 4.78 is 13.9. The lowest BCUT2D eigenvalue weighted by Gasteiger charge is -2.30. The molecule has 0 unspecified atom stereocenters. The number of piperidine rings is 1. The van der Waals surface area contributed by atoms with E-state index in [1.54, 1.807) is 12.1 Å². The van der Waals surface area contributed by atoms with Crippen molar-refractivity contribution in [3.05, 3.63) is 24.0 Å². The Kier molecular flexibility index (Phi) is 5.65. The summed E-state index contributed by atoms with van der Waals surface area (Å²) in [5.41, 5.74) is 0.194. The number of para-hydroxylation sites is 1. The van der Waals surface area contributed by atoms with Crippen molar-refractivity contribution >= 4 is 29.4 Å². The zero-order valence-corrected chi connectivity index (χ0v) is 13.2. The van der Waals surface area contributed by atoms with Crippen LogP contribution in [0.15, 0.2) is 23.1 Å². The smallest absolute Gasteiger partial charge is 0.321 e. The first-order valence-electron chi connectivity index (χ1n) is 7.23. The summed E-state index contributed by atoms with van der Waals surface area (Å²) in [6, 6.07) is 4.31. The molecule has 0 atom stereocenters. The Morgan fingerprint density at radius 2 is 2.09 bits per heavy atom. The number of benzene rings is 1. The standard InChI is InChI=1S/C15H19FN2O3S/c1-2-22-12-5-3-4-11(16)13(12)17-15(21)18-8-6-10(7-9-18)14(19)20/h3-5,10H,2,6-9H2,1H3,(H,17,21)(H,19,20). The molecule has 0 saturated carbocycles. The summed E-state index contributed by atoms with van der Waals surface area (Å²) in [6.07, 6.45) is 0.854. The molecule has 0 aromatic heterocycles.